The van der Waals surface area contributed by atoms with Crippen molar-refractivity contribution >= 4 is 29.2 Å². The molecule has 0 aliphatic carbocycles. The molecular formula is C26H24ClN3O5. The van der Waals surface area contributed by atoms with E-state index in [1.807, 2.05) is 42.8 Å². The van der Waals surface area contributed by atoms with Crippen molar-refractivity contribution < 1.29 is 23.5 Å². The smallest absolute Gasteiger partial charge is 0.337 e. The molecule has 8 nitrogen and oxygen atoms in total. The fourth-order valence-corrected chi connectivity index (χ4v) is 3.63. The summed E-state index contributed by atoms with van der Waals surface area (Å²) in [5, 5.41) is 8.13. The van der Waals surface area contributed by atoms with Crippen LogP contribution in [0.4, 0.5) is 5.69 Å². The van der Waals surface area contributed by atoms with Crippen LogP contribution in [0.15, 0.2) is 65.1 Å². The lowest BCUT2D eigenvalue weighted by Crippen LogP contribution is -2.12. The van der Waals surface area contributed by atoms with Gasteiger partial charge in [0.1, 0.15) is 18.1 Å². The number of hydrogen-bond donors (Lipinski definition) is 1. The molecule has 0 aliphatic rings. The van der Waals surface area contributed by atoms with Gasteiger partial charge in [-0.15, -0.1) is 0 Å². The molecule has 0 atom stereocenters. The molecule has 2 aromatic carbocycles. The van der Waals surface area contributed by atoms with Crippen molar-refractivity contribution in [3.05, 3.63) is 99.7 Å². The van der Waals surface area contributed by atoms with E-state index in [-0.39, 0.29) is 18.3 Å². The van der Waals surface area contributed by atoms with Gasteiger partial charge in [-0.1, -0.05) is 23.7 Å². The monoisotopic (exact) mass is 493 g/mol. The molecule has 1 N–H and O–H groups in total. The maximum Gasteiger partial charge on any atom is 0.337 e. The van der Waals surface area contributed by atoms with E-state index in [1.165, 1.54) is 7.11 Å². The standard InChI is InChI=1S/C26H24ClN3O5/c1-16-24(17(2)30(29-16)14-18-4-8-20(27)9-5-18)28-25(31)23-13-12-22(35-23)15-34-21-10-6-19(7-11-21)26(32)33-3/h4-13H,14-15H2,1-3H3,(H,28,31). The summed E-state index contributed by atoms with van der Waals surface area (Å²) in [7, 11) is 1.33. The Morgan fingerprint density at radius 2 is 1.74 bits per heavy atom. The minimum atomic E-state index is -0.417. The van der Waals surface area contributed by atoms with Crippen LogP contribution >= 0.6 is 11.6 Å². The third kappa shape index (κ3) is 5.73. The van der Waals surface area contributed by atoms with Crippen molar-refractivity contribution in [2.75, 3.05) is 12.4 Å². The van der Waals surface area contributed by atoms with Gasteiger partial charge in [-0.3, -0.25) is 9.48 Å². The molecule has 0 saturated carbocycles. The van der Waals surface area contributed by atoms with E-state index in [4.69, 9.17) is 20.8 Å². The zero-order valence-electron chi connectivity index (χ0n) is 19.5. The van der Waals surface area contributed by atoms with E-state index < -0.39 is 5.97 Å². The molecule has 0 bridgehead atoms. The molecule has 0 saturated heterocycles. The van der Waals surface area contributed by atoms with Crippen LogP contribution in [0.1, 0.15) is 43.6 Å². The van der Waals surface area contributed by atoms with Gasteiger partial charge in [0, 0.05) is 5.02 Å². The number of nitrogens with one attached hydrogen (secondary N) is 1. The summed E-state index contributed by atoms with van der Waals surface area (Å²) in [6.07, 6.45) is 0. The van der Waals surface area contributed by atoms with Crippen LogP contribution in [0, 0.1) is 13.8 Å². The van der Waals surface area contributed by atoms with E-state index >= 15 is 0 Å². The molecule has 0 aliphatic heterocycles. The number of aryl methyl sites for hydroxylation is 1. The molecule has 9 heteroatoms. The number of rotatable bonds is 8. The highest BCUT2D eigenvalue weighted by Crippen LogP contribution is 2.23. The Hall–Kier alpha value is -4.04. The highest BCUT2D eigenvalue weighted by molar-refractivity contribution is 6.30. The van der Waals surface area contributed by atoms with Gasteiger partial charge in [-0.25, -0.2) is 4.79 Å². The number of carbonyl (C=O) groups excluding carboxylic acids is 2. The first-order chi connectivity index (χ1) is 16.8. The number of carbonyl (C=O) groups is 2. The molecule has 0 unspecified atom stereocenters. The van der Waals surface area contributed by atoms with Gasteiger partial charge in [-0.2, -0.15) is 5.10 Å². The summed E-state index contributed by atoms with van der Waals surface area (Å²) in [5.74, 6) is 0.405. The van der Waals surface area contributed by atoms with Crippen LogP contribution in [0.3, 0.4) is 0 Å². The van der Waals surface area contributed by atoms with E-state index in [0.29, 0.717) is 40.0 Å². The summed E-state index contributed by atoms with van der Waals surface area (Å²) >= 11 is 5.96. The van der Waals surface area contributed by atoms with Crippen LogP contribution in [0.25, 0.3) is 0 Å². The zero-order valence-corrected chi connectivity index (χ0v) is 20.3. The summed E-state index contributed by atoms with van der Waals surface area (Å²) in [4.78, 5) is 24.3. The molecule has 35 heavy (non-hydrogen) atoms. The van der Waals surface area contributed by atoms with Crippen LogP contribution in [-0.2, 0) is 17.9 Å². The summed E-state index contributed by atoms with van der Waals surface area (Å²) in [5.41, 5.74) is 3.66. The largest absolute Gasteiger partial charge is 0.486 e. The highest BCUT2D eigenvalue weighted by atomic mass is 35.5. The average Bonchev–Trinajstić information content (AvgIpc) is 3.44. The van der Waals surface area contributed by atoms with Gasteiger partial charge in [-0.05, 0) is 67.9 Å². The van der Waals surface area contributed by atoms with Gasteiger partial charge in [0.2, 0.25) is 0 Å². The zero-order chi connectivity index (χ0) is 24.9. The number of ether oxygens (including phenoxy) is 2. The second kappa shape index (κ2) is 10.5. The van der Waals surface area contributed by atoms with E-state index in [9.17, 15) is 9.59 Å². The number of amides is 1. The Morgan fingerprint density at radius 3 is 2.43 bits per heavy atom. The van der Waals surface area contributed by atoms with Crippen LogP contribution in [-0.4, -0.2) is 28.8 Å². The number of esters is 1. The van der Waals surface area contributed by atoms with Crippen molar-refractivity contribution in [1.29, 1.82) is 0 Å². The fraction of sp³-hybridized carbons (Fsp3) is 0.192. The molecule has 2 aromatic heterocycles. The maximum absolute atomic E-state index is 12.8. The van der Waals surface area contributed by atoms with Crippen LogP contribution in [0.5, 0.6) is 5.75 Å². The van der Waals surface area contributed by atoms with Crippen molar-refractivity contribution in [3.63, 3.8) is 0 Å². The van der Waals surface area contributed by atoms with Crippen molar-refractivity contribution in [3.8, 4) is 5.75 Å². The lowest BCUT2D eigenvalue weighted by molar-refractivity contribution is 0.0600. The summed E-state index contributed by atoms with van der Waals surface area (Å²) in [6.45, 7) is 4.43. The first-order valence-corrected chi connectivity index (χ1v) is 11.2. The minimum absolute atomic E-state index is 0.127. The molecule has 180 valence electrons. The molecular weight excluding hydrogens is 470 g/mol. The molecule has 1 amide bonds. The van der Waals surface area contributed by atoms with E-state index in [0.717, 1.165) is 11.3 Å². The molecule has 0 radical (unpaired) electrons. The Balaban J connectivity index is 1.37. The third-order valence-corrected chi connectivity index (χ3v) is 5.66. The lowest BCUT2D eigenvalue weighted by atomic mass is 10.2. The normalized spacial score (nSPS) is 10.7. The number of nitrogens with zero attached hydrogens (tertiary/aromatic N) is 2. The molecule has 2 heterocycles. The summed E-state index contributed by atoms with van der Waals surface area (Å²) in [6, 6.07) is 17.4. The first kappa shape index (κ1) is 24.1. The Labute approximate surface area is 207 Å². The van der Waals surface area contributed by atoms with E-state index in [2.05, 4.69) is 15.2 Å². The molecule has 0 spiro atoms. The minimum Gasteiger partial charge on any atom is -0.486 e. The number of aromatic nitrogens is 2. The Kier molecular flexibility index (Phi) is 7.22. The number of furan rings is 1. The number of halogens is 1. The molecule has 0 fully saturated rings. The molecule has 4 rings (SSSR count). The fourth-order valence-electron chi connectivity index (χ4n) is 3.51. The Morgan fingerprint density at radius 1 is 1.03 bits per heavy atom. The van der Waals surface area contributed by atoms with Crippen molar-refractivity contribution in [2.45, 2.75) is 27.0 Å². The number of methoxy groups -OCH3 is 1. The lowest BCUT2D eigenvalue weighted by Gasteiger charge is -2.07. The second-order valence-electron chi connectivity index (χ2n) is 7.85. The van der Waals surface area contributed by atoms with Gasteiger partial charge < -0.3 is 19.2 Å². The average molecular weight is 494 g/mol. The molecule has 4 aromatic rings. The van der Waals surface area contributed by atoms with Gasteiger partial charge in [0.25, 0.3) is 5.91 Å². The predicted octanol–water partition coefficient (Wildman–Crippen LogP) is 5.41. The third-order valence-electron chi connectivity index (χ3n) is 5.41. The number of hydrogen-bond acceptors (Lipinski definition) is 6. The van der Waals surface area contributed by atoms with Crippen LogP contribution in [0.2, 0.25) is 5.02 Å². The van der Waals surface area contributed by atoms with E-state index in [1.54, 1.807) is 36.4 Å². The topological polar surface area (TPSA) is 95.6 Å². The van der Waals surface area contributed by atoms with Crippen molar-refractivity contribution in [1.82, 2.24) is 9.78 Å². The van der Waals surface area contributed by atoms with Gasteiger partial charge >= 0.3 is 5.97 Å². The number of benzene rings is 2. The van der Waals surface area contributed by atoms with Gasteiger partial charge in [0.15, 0.2) is 5.76 Å². The summed E-state index contributed by atoms with van der Waals surface area (Å²) < 4.78 is 17.9. The second-order valence-corrected chi connectivity index (χ2v) is 8.29. The van der Waals surface area contributed by atoms with Crippen LogP contribution < -0.4 is 10.1 Å². The SMILES string of the molecule is COC(=O)c1ccc(OCc2ccc(C(=O)Nc3c(C)nn(Cc4ccc(Cl)cc4)c3C)o2)cc1. The van der Waals surface area contributed by atoms with Gasteiger partial charge in [0.05, 0.1) is 36.3 Å². The predicted molar refractivity (Wildman–Crippen MR) is 131 cm³/mol. The number of anilines is 1. The Bertz CT molecular complexity index is 1340. The maximum atomic E-state index is 12.8. The highest BCUT2D eigenvalue weighted by Gasteiger charge is 2.18. The quantitative estimate of drug-likeness (QED) is 0.330. The van der Waals surface area contributed by atoms with Crippen molar-refractivity contribution in [2.24, 2.45) is 0 Å². The first-order valence-electron chi connectivity index (χ1n) is 10.8.